The van der Waals surface area contributed by atoms with E-state index in [9.17, 15) is 14.7 Å². The predicted octanol–water partition coefficient (Wildman–Crippen LogP) is -2.83. The molecule has 11 heavy (non-hydrogen) atoms. The van der Waals surface area contributed by atoms with Crippen molar-refractivity contribution in [1.29, 1.82) is 0 Å². The molecule has 0 radical (unpaired) electrons. The summed E-state index contributed by atoms with van der Waals surface area (Å²) < 4.78 is 0. The number of hydrogen-bond donors (Lipinski definition) is 2. The molecule has 0 heterocycles. The van der Waals surface area contributed by atoms with Crippen LogP contribution in [0.2, 0.25) is 0 Å². The highest BCUT2D eigenvalue weighted by Gasteiger charge is 2.26. The van der Waals surface area contributed by atoms with Gasteiger partial charge in [-0.25, -0.2) is 0 Å². The number of rotatable bonds is 3. The lowest BCUT2D eigenvalue weighted by atomic mass is 10.1. The molecule has 6 heteroatoms. The van der Waals surface area contributed by atoms with Crippen LogP contribution >= 0.6 is 7.94 Å². The van der Waals surface area contributed by atoms with E-state index < -0.39 is 25.8 Å². The van der Waals surface area contributed by atoms with Crippen molar-refractivity contribution in [3.63, 3.8) is 0 Å². The third-order valence-electron chi connectivity index (χ3n) is 1.31. The summed E-state index contributed by atoms with van der Waals surface area (Å²) in [4.78, 5) is 30.4. The molecule has 0 unspecified atom stereocenters. The molecule has 0 saturated carbocycles. The van der Waals surface area contributed by atoms with E-state index in [4.69, 9.17) is 10.2 Å². The van der Waals surface area contributed by atoms with E-state index in [0.29, 0.717) is 0 Å². The Bertz CT molecular complexity index is 121. The second-order valence-corrected chi connectivity index (χ2v) is 4.30. The Kier molecular flexibility index (Phi) is 3.84. The molecule has 2 N–H and O–H groups in total. The minimum Gasteiger partial charge on any atom is -0.686 e. The molecule has 0 aliphatic rings. The van der Waals surface area contributed by atoms with Crippen LogP contribution in [0, 0.1) is 5.92 Å². The standard InChI is InChI=1S/C5H13O5P/c1-3(2)4(6)5(7)11(8,9)10/h3-7H,1-2H3,(H2,8,9,10)/p-2/t4-,5-/m0/s1. The van der Waals surface area contributed by atoms with E-state index in [-0.39, 0.29) is 0 Å². The van der Waals surface area contributed by atoms with Gasteiger partial charge in [0.1, 0.15) is 6.10 Å². The van der Waals surface area contributed by atoms with Crippen LogP contribution in [0.25, 0.3) is 0 Å². The second-order valence-electron chi connectivity index (χ2n) is 2.69. The van der Waals surface area contributed by atoms with Crippen molar-refractivity contribution in [3.8, 4) is 0 Å². The second kappa shape index (κ2) is 3.76. The predicted molar refractivity (Wildman–Crippen MR) is 33.8 cm³/mol. The normalized spacial score (nSPS) is 18.5. The molecule has 0 fully saturated rings. The first-order chi connectivity index (χ1) is 4.76. The first-order valence-electron chi connectivity index (χ1n) is 3.14. The van der Waals surface area contributed by atoms with Crippen molar-refractivity contribution >= 4 is 7.94 Å². The van der Waals surface area contributed by atoms with Gasteiger partial charge in [-0.15, -0.1) is 7.94 Å². The van der Waals surface area contributed by atoms with Gasteiger partial charge < -0.3 is 24.9 Å². The van der Waals surface area contributed by atoms with Crippen molar-refractivity contribution in [2.75, 3.05) is 0 Å². The van der Waals surface area contributed by atoms with Crippen molar-refractivity contribution in [2.45, 2.75) is 25.8 Å². The minimum absolute atomic E-state index is 0.457. The zero-order valence-electron chi connectivity index (χ0n) is 6.30. The Morgan fingerprint density at radius 3 is 1.55 bits per heavy atom. The Morgan fingerprint density at radius 1 is 1.09 bits per heavy atom. The maximum atomic E-state index is 10.1. The summed E-state index contributed by atoms with van der Waals surface area (Å²) in [5, 5.41) is 17.6. The number of aliphatic hydroxyl groups excluding tert-OH is 2. The Hall–Kier alpha value is 0.230. The summed E-state index contributed by atoms with van der Waals surface area (Å²) in [6.45, 7) is 3.01. The first kappa shape index (κ1) is 11.2. The molecule has 0 aromatic carbocycles. The van der Waals surface area contributed by atoms with Gasteiger partial charge in [-0.1, -0.05) is 13.8 Å². The Balaban J connectivity index is 4.13. The zero-order valence-corrected chi connectivity index (χ0v) is 7.19. The van der Waals surface area contributed by atoms with E-state index in [0.717, 1.165) is 0 Å². The number of hydrogen-bond acceptors (Lipinski definition) is 5. The molecule has 0 amide bonds. The summed E-state index contributed by atoms with van der Waals surface area (Å²) in [7, 11) is -5.06. The Labute approximate surface area is 65.5 Å². The van der Waals surface area contributed by atoms with Gasteiger partial charge in [0.15, 0.2) is 5.85 Å². The van der Waals surface area contributed by atoms with Crippen LogP contribution in [0.15, 0.2) is 0 Å². The van der Waals surface area contributed by atoms with E-state index >= 15 is 0 Å². The van der Waals surface area contributed by atoms with E-state index in [1.165, 1.54) is 13.8 Å². The highest BCUT2D eigenvalue weighted by molar-refractivity contribution is 7.54. The lowest BCUT2D eigenvalue weighted by molar-refractivity contribution is -0.438. The Morgan fingerprint density at radius 2 is 1.45 bits per heavy atom. The largest absolute Gasteiger partial charge is 0.686 e. The highest BCUT2D eigenvalue weighted by atomic mass is 31.2. The average molecular weight is 182 g/mol. The molecule has 0 saturated heterocycles. The lowest BCUT2D eigenvalue weighted by Gasteiger charge is -2.47. The van der Waals surface area contributed by atoms with Crippen LogP contribution in [0.3, 0.4) is 0 Å². The summed E-state index contributed by atoms with van der Waals surface area (Å²) >= 11 is 0. The smallest absolute Gasteiger partial charge is 0.173 e. The fourth-order valence-corrected chi connectivity index (χ4v) is 1.25. The van der Waals surface area contributed by atoms with Crippen molar-refractivity contribution in [2.24, 2.45) is 5.92 Å². The van der Waals surface area contributed by atoms with Crippen LogP contribution in [-0.4, -0.2) is 22.2 Å². The number of aliphatic hydroxyl groups is 2. The van der Waals surface area contributed by atoms with Gasteiger partial charge in [-0.05, 0) is 5.92 Å². The van der Waals surface area contributed by atoms with E-state index in [1.807, 2.05) is 0 Å². The maximum Gasteiger partial charge on any atom is 0.173 e. The van der Waals surface area contributed by atoms with Crippen LogP contribution in [0.1, 0.15) is 13.8 Å². The van der Waals surface area contributed by atoms with Crippen molar-refractivity contribution in [3.05, 3.63) is 0 Å². The topological polar surface area (TPSA) is 110 Å². The van der Waals surface area contributed by atoms with E-state index in [2.05, 4.69) is 0 Å². The van der Waals surface area contributed by atoms with Crippen molar-refractivity contribution < 1.29 is 24.9 Å². The fraction of sp³-hybridized carbons (Fsp3) is 1.00. The molecule has 0 spiro atoms. The summed E-state index contributed by atoms with van der Waals surface area (Å²) in [5.41, 5.74) is 0. The van der Waals surface area contributed by atoms with Gasteiger partial charge in [-0.2, -0.15) is 0 Å². The molecule has 68 valence electrons. The van der Waals surface area contributed by atoms with Crippen LogP contribution in [0.5, 0.6) is 0 Å². The minimum atomic E-state index is -5.06. The molecular formula is C5H11O5P-2. The third kappa shape index (κ3) is 3.42. The SMILES string of the molecule is CC(C)[C@H](O)[C@@H](O)[P+]([O-])([O-])[O-]. The van der Waals surface area contributed by atoms with Crippen LogP contribution in [-0.2, 0) is 0 Å². The molecule has 0 aromatic rings. The van der Waals surface area contributed by atoms with Crippen LogP contribution < -0.4 is 14.7 Å². The monoisotopic (exact) mass is 182 g/mol. The lowest BCUT2D eigenvalue weighted by Crippen LogP contribution is -2.47. The first-order valence-corrected chi connectivity index (χ1v) is 4.76. The van der Waals surface area contributed by atoms with Gasteiger partial charge >= 0.3 is 0 Å². The molecule has 2 atom stereocenters. The van der Waals surface area contributed by atoms with Gasteiger partial charge in [0.2, 0.25) is 0 Å². The van der Waals surface area contributed by atoms with Gasteiger partial charge in [-0.3, -0.25) is 0 Å². The summed E-state index contributed by atoms with van der Waals surface area (Å²) in [5.74, 6) is -2.65. The molecule has 0 bridgehead atoms. The van der Waals surface area contributed by atoms with E-state index in [1.54, 1.807) is 0 Å². The molecular weight excluding hydrogens is 171 g/mol. The van der Waals surface area contributed by atoms with Gasteiger partial charge in [0.05, 0.1) is 0 Å². The molecule has 0 rings (SSSR count). The quantitative estimate of drug-likeness (QED) is 0.457. The van der Waals surface area contributed by atoms with Gasteiger partial charge in [0, 0.05) is 0 Å². The maximum absolute atomic E-state index is 10.1. The zero-order chi connectivity index (χ0) is 9.23. The average Bonchev–Trinajstić information content (AvgIpc) is 1.82. The molecule has 0 aliphatic carbocycles. The van der Waals surface area contributed by atoms with Gasteiger partial charge in [0.25, 0.3) is 0 Å². The molecule has 0 aromatic heterocycles. The fourth-order valence-electron chi connectivity index (χ4n) is 0.531. The summed E-state index contributed by atoms with van der Waals surface area (Å²) in [6, 6.07) is 0. The summed E-state index contributed by atoms with van der Waals surface area (Å²) in [6.07, 6.45) is -1.50. The molecule has 5 nitrogen and oxygen atoms in total. The molecule has 0 aliphatic heterocycles. The third-order valence-corrected chi connectivity index (χ3v) is 2.27. The van der Waals surface area contributed by atoms with Crippen LogP contribution in [0.4, 0.5) is 0 Å². The van der Waals surface area contributed by atoms with Crippen molar-refractivity contribution in [1.82, 2.24) is 0 Å². The highest BCUT2D eigenvalue weighted by Crippen LogP contribution is 2.37.